The molecule has 1 aliphatic rings. The third-order valence-electron chi connectivity index (χ3n) is 3.82. The van der Waals surface area contributed by atoms with Crippen LogP contribution in [0.15, 0.2) is 39.5 Å². The second-order valence-electron chi connectivity index (χ2n) is 5.17. The van der Waals surface area contributed by atoms with E-state index in [4.69, 9.17) is 18.6 Å². The molecule has 0 spiro atoms. The number of ether oxygens (including phenoxy) is 3. The summed E-state index contributed by atoms with van der Waals surface area (Å²) in [7, 11) is 1.55. The van der Waals surface area contributed by atoms with E-state index >= 15 is 0 Å². The number of methoxy groups -OCH3 is 1. The number of fused-ring (bicyclic) bond motifs is 2. The summed E-state index contributed by atoms with van der Waals surface area (Å²) in [5.41, 5.74) is -0.0467. The summed E-state index contributed by atoms with van der Waals surface area (Å²) in [5, 5.41) is 20.4. The Morgan fingerprint density at radius 1 is 1.04 bits per heavy atom. The van der Waals surface area contributed by atoms with Gasteiger partial charge in [-0.05, 0) is 24.3 Å². The second-order valence-corrected chi connectivity index (χ2v) is 5.17. The minimum atomic E-state index is -0.506. The van der Waals surface area contributed by atoms with Crippen LogP contribution >= 0.6 is 0 Å². The van der Waals surface area contributed by atoms with Gasteiger partial charge in [-0.2, -0.15) is 0 Å². The molecule has 7 heteroatoms. The van der Waals surface area contributed by atoms with Gasteiger partial charge in [-0.15, -0.1) is 0 Å². The molecule has 0 amide bonds. The average molecular weight is 328 g/mol. The number of aromatic hydroxyl groups is 2. The Bertz CT molecular complexity index is 1000. The SMILES string of the molecule is COc1ccc(-c2cc(=O)c3c(O)c4c(c(O)c3o2)OCO4)cc1. The number of rotatable bonds is 2. The van der Waals surface area contributed by atoms with Crippen LogP contribution in [0.4, 0.5) is 0 Å². The van der Waals surface area contributed by atoms with Gasteiger partial charge in [0.05, 0.1) is 7.11 Å². The molecule has 3 aromatic rings. The quantitative estimate of drug-likeness (QED) is 0.698. The zero-order valence-electron chi connectivity index (χ0n) is 12.5. The maximum atomic E-state index is 12.4. The summed E-state index contributed by atoms with van der Waals surface area (Å²) < 4.78 is 21.0. The van der Waals surface area contributed by atoms with Gasteiger partial charge < -0.3 is 28.8 Å². The molecule has 0 saturated carbocycles. The Morgan fingerprint density at radius 2 is 1.71 bits per heavy atom. The van der Waals surface area contributed by atoms with E-state index in [0.29, 0.717) is 11.3 Å². The molecular formula is C17H12O7. The van der Waals surface area contributed by atoms with Gasteiger partial charge in [0.25, 0.3) is 0 Å². The van der Waals surface area contributed by atoms with Crippen molar-refractivity contribution in [1.29, 1.82) is 0 Å². The normalized spacial score (nSPS) is 12.5. The first-order chi connectivity index (χ1) is 11.6. The molecule has 0 bridgehead atoms. The van der Waals surface area contributed by atoms with Gasteiger partial charge >= 0.3 is 0 Å². The van der Waals surface area contributed by atoms with E-state index in [2.05, 4.69) is 0 Å². The van der Waals surface area contributed by atoms with Crippen molar-refractivity contribution in [3.05, 3.63) is 40.6 Å². The molecule has 0 fully saturated rings. The lowest BCUT2D eigenvalue weighted by atomic mass is 10.1. The summed E-state index contributed by atoms with van der Waals surface area (Å²) in [6.07, 6.45) is 0. The zero-order chi connectivity index (χ0) is 16.8. The van der Waals surface area contributed by atoms with Gasteiger partial charge in [0.2, 0.25) is 24.0 Å². The molecule has 1 aromatic heterocycles. The molecule has 2 heterocycles. The van der Waals surface area contributed by atoms with E-state index in [1.807, 2.05) is 0 Å². The highest BCUT2D eigenvalue weighted by Gasteiger charge is 2.29. The first kappa shape index (κ1) is 14.3. The molecule has 0 aliphatic carbocycles. The number of benzene rings is 2. The molecule has 7 nitrogen and oxygen atoms in total. The van der Waals surface area contributed by atoms with Crippen LogP contribution in [0.3, 0.4) is 0 Å². The fourth-order valence-electron chi connectivity index (χ4n) is 2.63. The number of phenols is 2. The standard InChI is InChI=1S/C17H12O7/c1-21-9-4-2-8(3-5-9)11-6-10(18)12-13(19)16-17(23-7-22-16)14(20)15(12)24-11/h2-6,19-20H,7H2,1H3. The Kier molecular flexibility index (Phi) is 3.02. The molecule has 0 atom stereocenters. The van der Waals surface area contributed by atoms with Crippen molar-refractivity contribution in [3.8, 4) is 40.1 Å². The van der Waals surface area contributed by atoms with Crippen LogP contribution in [-0.2, 0) is 0 Å². The molecule has 2 N–H and O–H groups in total. The van der Waals surface area contributed by atoms with Crippen molar-refractivity contribution < 1.29 is 28.8 Å². The molecule has 0 radical (unpaired) electrons. The molecule has 1 aliphatic heterocycles. The van der Waals surface area contributed by atoms with Crippen molar-refractivity contribution in [2.45, 2.75) is 0 Å². The maximum absolute atomic E-state index is 12.4. The fraction of sp³-hybridized carbons (Fsp3) is 0.118. The number of hydrogen-bond donors (Lipinski definition) is 2. The van der Waals surface area contributed by atoms with Gasteiger partial charge in [0, 0.05) is 11.6 Å². The molecule has 2 aromatic carbocycles. The fourth-order valence-corrected chi connectivity index (χ4v) is 2.63. The Labute approximate surface area is 135 Å². The van der Waals surface area contributed by atoms with Gasteiger partial charge in [-0.1, -0.05) is 0 Å². The number of phenolic OH excluding ortho intramolecular Hbond substituents is 2. The van der Waals surface area contributed by atoms with E-state index in [0.717, 1.165) is 0 Å². The third-order valence-corrected chi connectivity index (χ3v) is 3.82. The summed E-state index contributed by atoms with van der Waals surface area (Å²) in [4.78, 5) is 12.4. The van der Waals surface area contributed by atoms with Gasteiger partial charge in [0.15, 0.2) is 16.8 Å². The number of hydrogen-bond acceptors (Lipinski definition) is 7. The smallest absolute Gasteiger partial charge is 0.231 e. The highest BCUT2D eigenvalue weighted by atomic mass is 16.7. The molecule has 0 unspecified atom stereocenters. The highest BCUT2D eigenvalue weighted by Crippen LogP contribution is 2.51. The lowest BCUT2D eigenvalue weighted by Gasteiger charge is -2.09. The van der Waals surface area contributed by atoms with E-state index in [9.17, 15) is 15.0 Å². The van der Waals surface area contributed by atoms with Crippen LogP contribution in [0.2, 0.25) is 0 Å². The summed E-state index contributed by atoms with van der Waals surface area (Å²) >= 11 is 0. The minimum absolute atomic E-state index is 0.0463. The lowest BCUT2D eigenvalue weighted by molar-refractivity contribution is 0.169. The Morgan fingerprint density at radius 3 is 2.38 bits per heavy atom. The topological polar surface area (TPSA) is 98.4 Å². The van der Waals surface area contributed by atoms with Crippen LogP contribution < -0.4 is 19.6 Å². The maximum Gasteiger partial charge on any atom is 0.231 e. The van der Waals surface area contributed by atoms with Crippen molar-refractivity contribution in [1.82, 2.24) is 0 Å². The molecule has 4 rings (SSSR count). The van der Waals surface area contributed by atoms with Crippen molar-refractivity contribution in [3.63, 3.8) is 0 Å². The van der Waals surface area contributed by atoms with Gasteiger partial charge in [-0.25, -0.2) is 0 Å². The predicted octanol–water partition coefficient (Wildman–Crippen LogP) is 2.61. The first-order valence-electron chi connectivity index (χ1n) is 7.06. The minimum Gasteiger partial charge on any atom is -0.504 e. The highest BCUT2D eigenvalue weighted by molar-refractivity contribution is 5.95. The molecule has 0 saturated heterocycles. The largest absolute Gasteiger partial charge is 0.504 e. The van der Waals surface area contributed by atoms with E-state index in [-0.39, 0.29) is 40.8 Å². The Hall–Kier alpha value is -3.35. The van der Waals surface area contributed by atoms with Crippen LogP contribution in [0.5, 0.6) is 28.7 Å². The van der Waals surface area contributed by atoms with E-state index in [1.54, 1.807) is 31.4 Å². The van der Waals surface area contributed by atoms with Crippen molar-refractivity contribution in [2.24, 2.45) is 0 Å². The van der Waals surface area contributed by atoms with Crippen LogP contribution in [0.1, 0.15) is 0 Å². The summed E-state index contributed by atoms with van der Waals surface area (Å²) in [6.45, 7) is -0.160. The Balaban J connectivity index is 1.98. The van der Waals surface area contributed by atoms with Crippen LogP contribution in [-0.4, -0.2) is 24.1 Å². The summed E-state index contributed by atoms with van der Waals surface area (Å²) in [5.74, 6) is -0.0120. The molecule has 24 heavy (non-hydrogen) atoms. The molecule has 122 valence electrons. The summed E-state index contributed by atoms with van der Waals surface area (Å²) in [6, 6.07) is 8.11. The predicted molar refractivity (Wildman–Crippen MR) is 83.9 cm³/mol. The molecular weight excluding hydrogens is 316 g/mol. The monoisotopic (exact) mass is 328 g/mol. The first-order valence-corrected chi connectivity index (χ1v) is 7.06. The van der Waals surface area contributed by atoms with E-state index in [1.165, 1.54) is 6.07 Å². The average Bonchev–Trinajstić information content (AvgIpc) is 3.09. The van der Waals surface area contributed by atoms with Crippen LogP contribution in [0, 0.1) is 0 Å². The third kappa shape index (κ3) is 1.95. The van der Waals surface area contributed by atoms with Gasteiger partial charge in [0.1, 0.15) is 16.9 Å². The van der Waals surface area contributed by atoms with Crippen molar-refractivity contribution >= 4 is 11.0 Å². The second kappa shape index (κ2) is 5.09. The zero-order valence-corrected chi connectivity index (χ0v) is 12.5. The lowest BCUT2D eigenvalue weighted by Crippen LogP contribution is -2.01. The van der Waals surface area contributed by atoms with Gasteiger partial charge in [-0.3, -0.25) is 4.79 Å². The van der Waals surface area contributed by atoms with Crippen LogP contribution in [0.25, 0.3) is 22.3 Å². The van der Waals surface area contributed by atoms with Crippen molar-refractivity contribution in [2.75, 3.05) is 13.9 Å². The van der Waals surface area contributed by atoms with E-state index < -0.39 is 11.2 Å².